The first-order chi connectivity index (χ1) is 10.6. The lowest BCUT2D eigenvalue weighted by Crippen LogP contribution is -2.39. The third kappa shape index (κ3) is 4.39. The van der Waals surface area contributed by atoms with Crippen LogP contribution in [0, 0.1) is 0 Å². The average molecular weight is 317 g/mol. The maximum absolute atomic E-state index is 12.1. The predicted octanol–water partition coefficient (Wildman–Crippen LogP) is 2.02. The molecule has 1 atom stereocenters. The molecule has 0 aromatic carbocycles. The SMILES string of the molecule is CC(C(=O)NCC(=O)N(C)Cc1cccnc1)c1ccsc1. The van der Waals surface area contributed by atoms with Crippen molar-refractivity contribution in [1.29, 1.82) is 0 Å². The van der Waals surface area contributed by atoms with Crippen LogP contribution in [0.4, 0.5) is 0 Å². The average Bonchev–Trinajstić information content (AvgIpc) is 3.06. The number of amides is 2. The third-order valence-corrected chi connectivity index (χ3v) is 4.12. The predicted molar refractivity (Wildman–Crippen MR) is 86.5 cm³/mol. The molecule has 2 aromatic heterocycles. The van der Waals surface area contributed by atoms with E-state index in [2.05, 4.69) is 10.3 Å². The Morgan fingerprint density at radius 2 is 2.23 bits per heavy atom. The fourth-order valence-corrected chi connectivity index (χ4v) is 2.73. The summed E-state index contributed by atoms with van der Waals surface area (Å²) in [6.07, 6.45) is 3.42. The van der Waals surface area contributed by atoms with Gasteiger partial charge in [-0.05, 0) is 40.9 Å². The second-order valence-electron chi connectivity index (χ2n) is 5.11. The van der Waals surface area contributed by atoms with Crippen LogP contribution < -0.4 is 5.32 Å². The van der Waals surface area contributed by atoms with Gasteiger partial charge in [0.25, 0.3) is 0 Å². The molecule has 5 nitrogen and oxygen atoms in total. The van der Waals surface area contributed by atoms with Crippen molar-refractivity contribution in [2.24, 2.45) is 0 Å². The zero-order valence-electron chi connectivity index (χ0n) is 12.7. The van der Waals surface area contributed by atoms with Crippen LogP contribution in [0.1, 0.15) is 24.0 Å². The summed E-state index contributed by atoms with van der Waals surface area (Å²) in [6, 6.07) is 5.66. The summed E-state index contributed by atoms with van der Waals surface area (Å²) in [5.41, 5.74) is 1.93. The lowest BCUT2D eigenvalue weighted by molar-refractivity contribution is -0.132. The van der Waals surface area contributed by atoms with E-state index in [0.717, 1.165) is 11.1 Å². The highest BCUT2D eigenvalue weighted by Gasteiger charge is 2.17. The zero-order chi connectivity index (χ0) is 15.9. The van der Waals surface area contributed by atoms with Crippen LogP contribution in [0.5, 0.6) is 0 Å². The van der Waals surface area contributed by atoms with Crippen LogP contribution in [0.15, 0.2) is 41.4 Å². The van der Waals surface area contributed by atoms with Gasteiger partial charge in [-0.15, -0.1) is 0 Å². The van der Waals surface area contributed by atoms with Gasteiger partial charge in [0.05, 0.1) is 12.5 Å². The van der Waals surface area contributed by atoms with E-state index in [1.807, 2.05) is 35.9 Å². The fraction of sp³-hybridized carbons (Fsp3) is 0.312. The van der Waals surface area contributed by atoms with E-state index in [0.29, 0.717) is 6.54 Å². The van der Waals surface area contributed by atoms with Gasteiger partial charge in [0, 0.05) is 26.0 Å². The van der Waals surface area contributed by atoms with Crippen LogP contribution in [0.25, 0.3) is 0 Å². The molecule has 116 valence electrons. The van der Waals surface area contributed by atoms with Crippen molar-refractivity contribution in [3.63, 3.8) is 0 Å². The number of pyridine rings is 1. The molecule has 2 rings (SSSR count). The number of nitrogens with zero attached hydrogens (tertiary/aromatic N) is 2. The largest absolute Gasteiger partial charge is 0.347 e. The lowest BCUT2D eigenvalue weighted by Gasteiger charge is -2.18. The number of carbonyl (C=O) groups is 2. The number of hydrogen-bond donors (Lipinski definition) is 1. The molecule has 0 radical (unpaired) electrons. The number of thiophene rings is 1. The smallest absolute Gasteiger partial charge is 0.242 e. The molecule has 0 aliphatic carbocycles. The van der Waals surface area contributed by atoms with E-state index < -0.39 is 0 Å². The normalized spacial score (nSPS) is 11.7. The van der Waals surface area contributed by atoms with Gasteiger partial charge in [0.2, 0.25) is 11.8 Å². The Morgan fingerprint density at radius 3 is 2.86 bits per heavy atom. The molecule has 0 saturated carbocycles. The van der Waals surface area contributed by atoms with E-state index in [9.17, 15) is 9.59 Å². The summed E-state index contributed by atoms with van der Waals surface area (Å²) in [7, 11) is 1.71. The van der Waals surface area contributed by atoms with Gasteiger partial charge in [-0.3, -0.25) is 14.6 Å². The van der Waals surface area contributed by atoms with Crippen molar-refractivity contribution in [3.05, 3.63) is 52.5 Å². The molecular formula is C16H19N3O2S. The molecule has 0 saturated heterocycles. The number of likely N-dealkylation sites (N-methyl/N-ethyl adjacent to an activating group) is 1. The van der Waals surface area contributed by atoms with Gasteiger partial charge in [-0.2, -0.15) is 11.3 Å². The Balaban J connectivity index is 1.80. The first-order valence-corrected chi connectivity index (χ1v) is 7.95. The first kappa shape index (κ1) is 16.2. The molecule has 1 unspecified atom stereocenters. The zero-order valence-corrected chi connectivity index (χ0v) is 13.5. The summed E-state index contributed by atoms with van der Waals surface area (Å²) >= 11 is 1.55. The van der Waals surface area contributed by atoms with E-state index >= 15 is 0 Å². The van der Waals surface area contributed by atoms with E-state index in [4.69, 9.17) is 0 Å². The quantitative estimate of drug-likeness (QED) is 0.886. The number of carbonyl (C=O) groups excluding carboxylic acids is 2. The first-order valence-electron chi connectivity index (χ1n) is 7.00. The molecule has 2 heterocycles. The van der Waals surface area contributed by atoms with Crippen LogP contribution in [-0.2, 0) is 16.1 Å². The van der Waals surface area contributed by atoms with E-state index in [1.165, 1.54) is 0 Å². The van der Waals surface area contributed by atoms with Crippen molar-refractivity contribution < 1.29 is 9.59 Å². The van der Waals surface area contributed by atoms with E-state index in [1.54, 1.807) is 35.7 Å². The second kappa shape index (κ2) is 7.70. The number of hydrogen-bond acceptors (Lipinski definition) is 4. The third-order valence-electron chi connectivity index (χ3n) is 3.42. The van der Waals surface area contributed by atoms with Crippen LogP contribution in [0.2, 0.25) is 0 Å². The van der Waals surface area contributed by atoms with Gasteiger partial charge in [-0.25, -0.2) is 0 Å². The number of nitrogens with one attached hydrogen (secondary N) is 1. The van der Waals surface area contributed by atoms with Crippen molar-refractivity contribution in [1.82, 2.24) is 15.2 Å². The van der Waals surface area contributed by atoms with Gasteiger partial charge < -0.3 is 10.2 Å². The van der Waals surface area contributed by atoms with Crippen LogP contribution in [-0.4, -0.2) is 35.3 Å². The standard InChI is InChI=1S/C16H19N3O2S/c1-12(14-5-7-22-11-14)16(21)18-9-15(20)19(2)10-13-4-3-6-17-8-13/h3-8,11-12H,9-10H2,1-2H3,(H,18,21). The molecule has 22 heavy (non-hydrogen) atoms. The highest BCUT2D eigenvalue weighted by molar-refractivity contribution is 7.08. The van der Waals surface area contributed by atoms with Gasteiger partial charge in [0.1, 0.15) is 0 Å². The monoisotopic (exact) mass is 317 g/mol. The highest BCUT2D eigenvalue weighted by Crippen LogP contribution is 2.17. The van der Waals surface area contributed by atoms with Crippen molar-refractivity contribution in [2.75, 3.05) is 13.6 Å². The Hall–Kier alpha value is -2.21. The molecule has 6 heteroatoms. The van der Waals surface area contributed by atoms with Crippen molar-refractivity contribution >= 4 is 23.2 Å². The summed E-state index contributed by atoms with van der Waals surface area (Å²) in [6.45, 7) is 2.31. The maximum Gasteiger partial charge on any atom is 0.242 e. The molecule has 2 aromatic rings. The minimum Gasteiger partial charge on any atom is -0.347 e. The maximum atomic E-state index is 12.1. The van der Waals surface area contributed by atoms with Crippen molar-refractivity contribution in [2.45, 2.75) is 19.4 Å². The molecule has 2 amide bonds. The molecular weight excluding hydrogens is 298 g/mol. The van der Waals surface area contributed by atoms with Gasteiger partial charge in [0.15, 0.2) is 0 Å². The minimum absolute atomic E-state index is 0.00404. The Morgan fingerprint density at radius 1 is 1.41 bits per heavy atom. The Kier molecular flexibility index (Phi) is 5.66. The number of aromatic nitrogens is 1. The topological polar surface area (TPSA) is 62.3 Å². The molecule has 0 aliphatic rings. The van der Waals surface area contributed by atoms with Crippen LogP contribution >= 0.6 is 11.3 Å². The summed E-state index contributed by atoms with van der Waals surface area (Å²) in [4.78, 5) is 29.7. The minimum atomic E-state index is -0.248. The lowest BCUT2D eigenvalue weighted by atomic mass is 10.0. The summed E-state index contributed by atoms with van der Waals surface area (Å²) in [5.74, 6) is -0.515. The molecule has 1 N–H and O–H groups in total. The highest BCUT2D eigenvalue weighted by atomic mass is 32.1. The van der Waals surface area contributed by atoms with Crippen molar-refractivity contribution in [3.8, 4) is 0 Å². The molecule has 0 fully saturated rings. The summed E-state index contributed by atoms with van der Waals surface area (Å²) in [5, 5.41) is 6.58. The Labute approximate surface area is 134 Å². The number of rotatable bonds is 6. The molecule has 0 aliphatic heterocycles. The molecule has 0 spiro atoms. The van der Waals surface area contributed by atoms with Crippen LogP contribution in [0.3, 0.4) is 0 Å². The van der Waals surface area contributed by atoms with Gasteiger partial charge in [-0.1, -0.05) is 6.07 Å². The molecule has 0 bridgehead atoms. The Bertz CT molecular complexity index is 614. The second-order valence-corrected chi connectivity index (χ2v) is 5.89. The fourth-order valence-electron chi connectivity index (χ4n) is 1.98. The van der Waals surface area contributed by atoms with E-state index in [-0.39, 0.29) is 24.3 Å². The van der Waals surface area contributed by atoms with Gasteiger partial charge >= 0.3 is 0 Å². The summed E-state index contributed by atoms with van der Waals surface area (Å²) < 4.78 is 0.